The summed E-state index contributed by atoms with van der Waals surface area (Å²) in [6.45, 7) is 5.54. The molecule has 7 heteroatoms. The van der Waals surface area contributed by atoms with E-state index in [1.165, 1.54) is 7.11 Å². The van der Waals surface area contributed by atoms with Crippen LogP contribution in [0.1, 0.15) is 33.1 Å². The second-order valence-corrected chi connectivity index (χ2v) is 6.08. The number of hydrazone groups is 1. The Hall–Kier alpha value is -1.18. The minimum absolute atomic E-state index is 0.144. The average molecular weight is 314 g/mol. The Kier molecular flexibility index (Phi) is 5.77. The number of rotatable bonds is 5. The minimum atomic E-state index is -0.728. The highest BCUT2D eigenvalue weighted by molar-refractivity contribution is 5.93. The maximum absolute atomic E-state index is 11.6. The number of carbonyl (C=O) groups is 1. The number of esters is 1. The smallest absolute Gasteiger partial charge is 0.308 e. The molecule has 2 aliphatic heterocycles. The van der Waals surface area contributed by atoms with Crippen molar-refractivity contribution in [3.8, 4) is 0 Å². The Balaban J connectivity index is 2.11. The van der Waals surface area contributed by atoms with Crippen molar-refractivity contribution in [2.24, 2.45) is 5.10 Å². The van der Waals surface area contributed by atoms with Crippen LogP contribution in [0.3, 0.4) is 0 Å². The summed E-state index contributed by atoms with van der Waals surface area (Å²) in [6.07, 6.45) is 1.87. The first kappa shape index (κ1) is 17.2. The Labute approximate surface area is 131 Å². The van der Waals surface area contributed by atoms with Crippen LogP contribution in [0, 0.1) is 0 Å². The number of methoxy groups -OCH3 is 2. The first-order valence-corrected chi connectivity index (χ1v) is 7.66. The lowest BCUT2D eigenvalue weighted by Gasteiger charge is -2.37. The summed E-state index contributed by atoms with van der Waals surface area (Å²) in [5.41, 5.74) is 0.729. The Morgan fingerprint density at radius 1 is 1.45 bits per heavy atom. The second kappa shape index (κ2) is 7.39. The molecule has 0 aromatic heterocycles. The van der Waals surface area contributed by atoms with Gasteiger partial charge in [0, 0.05) is 13.7 Å². The zero-order chi connectivity index (χ0) is 16.2. The van der Waals surface area contributed by atoms with Crippen molar-refractivity contribution in [2.75, 3.05) is 34.0 Å². The van der Waals surface area contributed by atoms with Gasteiger partial charge in [-0.1, -0.05) is 0 Å². The third kappa shape index (κ3) is 4.41. The summed E-state index contributed by atoms with van der Waals surface area (Å²) >= 11 is 0. The number of ether oxygens (including phenoxy) is 4. The fourth-order valence-electron chi connectivity index (χ4n) is 2.75. The van der Waals surface area contributed by atoms with Gasteiger partial charge in [0.15, 0.2) is 5.79 Å². The van der Waals surface area contributed by atoms with Crippen LogP contribution in [0.2, 0.25) is 0 Å². The molecule has 0 aliphatic carbocycles. The fourth-order valence-corrected chi connectivity index (χ4v) is 2.75. The molecule has 0 aromatic rings. The molecule has 2 aliphatic rings. The molecule has 0 bridgehead atoms. The summed E-state index contributed by atoms with van der Waals surface area (Å²) in [6, 6.07) is 0.270. The molecule has 0 radical (unpaired) electrons. The molecule has 22 heavy (non-hydrogen) atoms. The van der Waals surface area contributed by atoms with E-state index in [-0.39, 0.29) is 18.4 Å². The topological polar surface area (TPSA) is 69.6 Å². The summed E-state index contributed by atoms with van der Waals surface area (Å²) < 4.78 is 21.5. The van der Waals surface area contributed by atoms with Crippen molar-refractivity contribution < 1.29 is 23.7 Å². The van der Waals surface area contributed by atoms with Crippen molar-refractivity contribution in [1.29, 1.82) is 0 Å². The normalized spacial score (nSPS) is 29.8. The van der Waals surface area contributed by atoms with Gasteiger partial charge in [0.05, 0.1) is 38.5 Å². The Morgan fingerprint density at radius 2 is 2.23 bits per heavy atom. The van der Waals surface area contributed by atoms with Gasteiger partial charge in [0.2, 0.25) is 0 Å². The molecule has 2 atom stereocenters. The highest BCUT2D eigenvalue weighted by atomic mass is 16.7. The highest BCUT2D eigenvalue weighted by Crippen LogP contribution is 2.25. The van der Waals surface area contributed by atoms with E-state index < -0.39 is 11.9 Å². The molecule has 2 heterocycles. The number of nitrogens with zero attached hydrogens (tertiary/aromatic N) is 2. The van der Waals surface area contributed by atoms with Crippen LogP contribution < -0.4 is 0 Å². The van der Waals surface area contributed by atoms with Gasteiger partial charge in [0.1, 0.15) is 6.10 Å². The Morgan fingerprint density at radius 3 is 2.91 bits per heavy atom. The highest BCUT2D eigenvalue weighted by Gasteiger charge is 2.36. The van der Waals surface area contributed by atoms with Gasteiger partial charge in [-0.3, -0.25) is 9.80 Å². The van der Waals surface area contributed by atoms with E-state index in [9.17, 15) is 4.79 Å². The third-order valence-corrected chi connectivity index (χ3v) is 3.91. The predicted octanol–water partition coefficient (Wildman–Crippen LogP) is 1.17. The summed E-state index contributed by atoms with van der Waals surface area (Å²) in [5.74, 6) is -1.04. The first-order valence-electron chi connectivity index (χ1n) is 7.66. The van der Waals surface area contributed by atoms with Crippen LogP contribution >= 0.6 is 0 Å². The van der Waals surface area contributed by atoms with Gasteiger partial charge in [-0.25, -0.2) is 0 Å². The molecule has 7 nitrogen and oxygen atoms in total. The SMILES string of the molecule is COC[C@@H]1CCCN1/N=C1\COC(C)(C)O[C@@H]1CC(=O)OC. The van der Waals surface area contributed by atoms with Crippen molar-refractivity contribution in [3.05, 3.63) is 0 Å². The van der Waals surface area contributed by atoms with Crippen LogP contribution in [-0.2, 0) is 23.7 Å². The summed E-state index contributed by atoms with van der Waals surface area (Å²) in [4.78, 5) is 11.6. The summed E-state index contributed by atoms with van der Waals surface area (Å²) in [5, 5.41) is 6.70. The van der Waals surface area contributed by atoms with Crippen LogP contribution in [0.4, 0.5) is 0 Å². The molecular weight excluding hydrogens is 288 g/mol. The molecule has 0 spiro atoms. The lowest BCUT2D eigenvalue weighted by molar-refractivity contribution is -0.236. The largest absolute Gasteiger partial charge is 0.469 e. The number of carbonyl (C=O) groups excluding carboxylic acids is 1. The predicted molar refractivity (Wildman–Crippen MR) is 80.6 cm³/mol. The first-order chi connectivity index (χ1) is 10.4. The number of hydrogen-bond acceptors (Lipinski definition) is 7. The zero-order valence-corrected chi connectivity index (χ0v) is 13.8. The Bertz CT molecular complexity index is 424. The molecule has 0 aromatic carbocycles. The molecule has 0 saturated carbocycles. The fraction of sp³-hybridized carbons (Fsp3) is 0.867. The van der Waals surface area contributed by atoms with E-state index in [4.69, 9.17) is 18.9 Å². The maximum atomic E-state index is 11.6. The van der Waals surface area contributed by atoms with Crippen molar-refractivity contribution >= 4 is 11.7 Å². The van der Waals surface area contributed by atoms with Crippen molar-refractivity contribution in [2.45, 2.75) is 51.0 Å². The van der Waals surface area contributed by atoms with Crippen LogP contribution in [0.15, 0.2) is 5.10 Å². The molecule has 0 unspecified atom stereocenters. The van der Waals surface area contributed by atoms with E-state index in [0.29, 0.717) is 13.2 Å². The van der Waals surface area contributed by atoms with Crippen molar-refractivity contribution in [3.63, 3.8) is 0 Å². The standard InChI is InChI=1S/C15H26N2O5/c1-15(2)21-10-12(13(22-15)8-14(18)20-4)16-17-7-5-6-11(17)9-19-3/h11,13H,5-10H2,1-4H3/b16-12+/t11-,13+/m0/s1. The van der Waals surface area contributed by atoms with Gasteiger partial charge < -0.3 is 18.9 Å². The quantitative estimate of drug-likeness (QED) is 0.710. The van der Waals surface area contributed by atoms with Crippen molar-refractivity contribution in [1.82, 2.24) is 5.01 Å². The minimum Gasteiger partial charge on any atom is -0.469 e. The molecule has 126 valence electrons. The molecule has 2 rings (SSSR count). The van der Waals surface area contributed by atoms with E-state index in [1.54, 1.807) is 7.11 Å². The summed E-state index contributed by atoms with van der Waals surface area (Å²) in [7, 11) is 3.07. The van der Waals surface area contributed by atoms with E-state index in [2.05, 4.69) is 5.10 Å². The van der Waals surface area contributed by atoms with Gasteiger partial charge in [-0.15, -0.1) is 0 Å². The maximum Gasteiger partial charge on any atom is 0.308 e. The van der Waals surface area contributed by atoms with E-state index >= 15 is 0 Å². The van der Waals surface area contributed by atoms with E-state index in [1.807, 2.05) is 18.9 Å². The van der Waals surface area contributed by atoms with Crippen LogP contribution in [0.5, 0.6) is 0 Å². The number of hydrogen-bond donors (Lipinski definition) is 0. The monoisotopic (exact) mass is 314 g/mol. The second-order valence-electron chi connectivity index (χ2n) is 6.08. The van der Waals surface area contributed by atoms with E-state index in [0.717, 1.165) is 25.1 Å². The third-order valence-electron chi connectivity index (χ3n) is 3.91. The van der Waals surface area contributed by atoms with Crippen LogP contribution in [0.25, 0.3) is 0 Å². The molecule has 0 amide bonds. The van der Waals surface area contributed by atoms with Gasteiger partial charge in [-0.05, 0) is 26.7 Å². The van der Waals surface area contributed by atoms with Gasteiger partial charge >= 0.3 is 5.97 Å². The molecule has 0 N–H and O–H groups in total. The molecule has 2 saturated heterocycles. The average Bonchev–Trinajstić information content (AvgIpc) is 2.89. The zero-order valence-electron chi connectivity index (χ0n) is 13.8. The lowest BCUT2D eigenvalue weighted by atomic mass is 10.1. The molecule has 2 fully saturated rings. The van der Waals surface area contributed by atoms with Gasteiger partial charge in [0.25, 0.3) is 0 Å². The van der Waals surface area contributed by atoms with Gasteiger partial charge in [-0.2, -0.15) is 5.10 Å². The molecular formula is C15H26N2O5. The van der Waals surface area contributed by atoms with Crippen LogP contribution in [-0.4, -0.2) is 68.6 Å². The lowest BCUT2D eigenvalue weighted by Crippen LogP contribution is -2.48.